The van der Waals surface area contributed by atoms with E-state index in [1.165, 1.54) is 11.1 Å². The minimum atomic E-state index is 0. The summed E-state index contributed by atoms with van der Waals surface area (Å²) < 4.78 is 0. The molecule has 0 amide bonds. The van der Waals surface area contributed by atoms with Gasteiger partial charge in [0.2, 0.25) is 0 Å². The molecule has 2 rings (SSSR count). The third kappa shape index (κ3) is 15.5. The van der Waals surface area contributed by atoms with E-state index < -0.39 is 0 Å². The molecule has 0 saturated carbocycles. The van der Waals surface area contributed by atoms with Gasteiger partial charge in [0, 0.05) is 14.2 Å². The minimum Gasteiger partial charge on any atom is -0.400 e. The molecule has 0 atom stereocenters. The van der Waals surface area contributed by atoms with Gasteiger partial charge in [0.25, 0.3) is 0 Å². The Morgan fingerprint density at radius 1 is 0.588 bits per heavy atom. The molecule has 0 bridgehead atoms. The first-order chi connectivity index (χ1) is 7.79. The van der Waals surface area contributed by atoms with E-state index in [1.54, 1.807) is 0 Å². The van der Waals surface area contributed by atoms with Crippen molar-refractivity contribution in [3.63, 3.8) is 0 Å². The van der Waals surface area contributed by atoms with E-state index in [4.69, 9.17) is 10.2 Å². The van der Waals surface area contributed by atoms with Crippen LogP contribution in [0.2, 0.25) is 0 Å². The van der Waals surface area contributed by atoms with Crippen LogP contribution in [-0.4, -0.2) is 24.4 Å². The summed E-state index contributed by atoms with van der Waals surface area (Å²) in [5, 5.41) is 14.0. The SMILES string of the molecule is CO.CO.C[c-]1cccc1.C[c-]1cccc1.[Zr+2]. The smallest absolute Gasteiger partial charge is 0.400 e. The molecule has 0 aliphatic heterocycles. The van der Waals surface area contributed by atoms with Crippen molar-refractivity contribution in [2.45, 2.75) is 13.8 Å². The van der Waals surface area contributed by atoms with Gasteiger partial charge >= 0.3 is 26.2 Å². The summed E-state index contributed by atoms with van der Waals surface area (Å²) in [5.74, 6) is 0. The molecule has 0 spiro atoms. The van der Waals surface area contributed by atoms with Crippen LogP contribution in [0, 0.1) is 13.8 Å². The van der Waals surface area contributed by atoms with Crippen molar-refractivity contribution < 1.29 is 36.4 Å². The third-order valence-corrected chi connectivity index (χ3v) is 1.66. The van der Waals surface area contributed by atoms with E-state index in [2.05, 4.69) is 38.1 Å². The van der Waals surface area contributed by atoms with Crippen LogP contribution in [0.5, 0.6) is 0 Å². The van der Waals surface area contributed by atoms with Crippen molar-refractivity contribution in [1.29, 1.82) is 0 Å². The maximum Gasteiger partial charge on any atom is 2.00 e. The number of hydrogen-bond acceptors (Lipinski definition) is 2. The van der Waals surface area contributed by atoms with Crippen LogP contribution in [0.15, 0.2) is 48.5 Å². The third-order valence-electron chi connectivity index (χ3n) is 1.66. The number of rotatable bonds is 0. The summed E-state index contributed by atoms with van der Waals surface area (Å²) in [6.07, 6.45) is 0. The van der Waals surface area contributed by atoms with Crippen LogP contribution in [0.25, 0.3) is 0 Å². The van der Waals surface area contributed by atoms with Gasteiger partial charge in [-0.3, -0.25) is 0 Å². The van der Waals surface area contributed by atoms with Crippen molar-refractivity contribution in [2.75, 3.05) is 14.2 Å². The Labute approximate surface area is 124 Å². The van der Waals surface area contributed by atoms with Crippen LogP contribution in [0.4, 0.5) is 0 Å². The molecule has 94 valence electrons. The fourth-order valence-corrected chi connectivity index (χ4v) is 0.940. The van der Waals surface area contributed by atoms with Crippen LogP contribution < -0.4 is 0 Å². The molecule has 2 nitrogen and oxygen atoms in total. The van der Waals surface area contributed by atoms with Gasteiger partial charge in [0.15, 0.2) is 0 Å². The molecule has 0 aliphatic carbocycles. The van der Waals surface area contributed by atoms with Crippen molar-refractivity contribution in [3.05, 3.63) is 59.7 Å². The first-order valence-corrected chi connectivity index (χ1v) is 5.05. The Morgan fingerprint density at radius 3 is 0.824 bits per heavy atom. The van der Waals surface area contributed by atoms with Gasteiger partial charge in [0.1, 0.15) is 0 Å². The van der Waals surface area contributed by atoms with Gasteiger partial charge in [0.05, 0.1) is 0 Å². The summed E-state index contributed by atoms with van der Waals surface area (Å²) >= 11 is 0. The standard InChI is InChI=1S/2C6H7.2CH4O.Zr/c2*1-6-4-2-3-5-6;2*1-2;/h2*2-5H,1H3;2*2H,1H3;/q2*-1;;;+2. The summed E-state index contributed by atoms with van der Waals surface area (Å²) in [7, 11) is 2.00. The zero-order valence-corrected chi connectivity index (χ0v) is 13.5. The van der Waals surface area contributed by atoms with Gasteiger partial charge < -0.3 is 10.2 Å². The Balaban J connectivity index is -0.000000171. The molecule has 0 unspecified atom stereocenters. The Bertz CT molecular complexity index is 254. The second-order valence-electron chi connectivity index (χ2n) is 2.92. The summed E-state index contributed by atoms with van der Waals surface area (Å²) in [6.45, 7) is 4.17. The van der Waals surface area contributed by atoms with Crippen LogP contribution in [-0.2, 0) is 26.2 Å². The zero-order chi connectivity index (χ0) is 12.8. The predicted molar refractivity (Wildman–Crippen MR) is 69.8 cm³/mol. The first kappa shape index (κ1) is 21.8. The molecule has 0 aromatic heterocycles. The van der Waals surface area contributed by atoms with Crippen molar-refractivity contribution in [2.24, 2.45) is 0 Å². The van der Waals surface area contributed by atoms with E-state index in [0.717, 1.165) is 14.2 Å². The first-order valence-electron chi connectivity index (χ1n) is 5.05. The number of aliphatic hydroxyl groups is 2. The predicted octanol–water partition coefficient (Wildman–Crippen LogP) is 2.64. The second kappa shape index (κ2) is 17.9. The molecule has 2 aromatic carbocycles. The molecule has 0 saturated heterocycles. The molecule has 0 aliphatic rings. The molecule has 2 aromatic rings. The monoisotopic (exact) mass is 312 g/mol. The van der Waals surface area contributed by atoms with Gasteiger partial charge in [-0.2, -0.15) is 35.4 Å². The van der Waals surface area contributed by atoms with Crippen molar-refractivity contribution in [1.82, 2.24) is 0 Å². The van der Waals surface area contributed by atoms with Gasteiger partial charge in [-0.05, 0) is 0 Å². The molecule has 0 heterocycles. The van der Waals surface area contributed by atoms with Crippen molar-refractivity contribution >= 4 is 0 Å². The molecular weight excluding hydrogens is 291 g/mol. The van der Waals surface area contributed by atoms with Crippen LogP contribution in [0.1, 0.15) is 11.1 Å². The fraction of sp³-hybridized carbons (Fsp3) is 0.286. The van der Waals surface area contributed by atoms with Gasteiger partial charge in [-0.15, -0.1) is 0 Å². The number of aryl methyl sites for hydroxylation is 2. The Morgan fingerprint density at radius 2 is 0.765 bits per heavy atom. The maximum atomic E-state index is 7.00. The van der Waals surface area contributed by atoms with Crippen LogP contribution in [0.3, 0.4) is 0 Å². The molecule has 0 radical (unpaired) electrons. The van der Waals surface area contributed by atoms with Gasteiger partial charge in [-0.25, -0.2) is 24.3 Å². The molecular formula is C14H22O2Zr. The quantitative estimate of drug-likeness (QED) is 0.734. The Hall–Kier alpha value is -0.497. The molecule has 3 heteroatoms. The van der Waals surface area contributed by atoms with E-state index in [9.17, 15) is 0 Å². The van der Waals surface area contributed by atoms with E-state index in [-0.39, 0.29) is 26.2 Å². The van der Waals surface area contributed by atoms with Crippen molar-refractivity contribution in [3.8, 4) is 0 Å². The van der Waals surface area contributed by atoms with Gasteiger partial charge in [-0.1, -0.05) is 13.8 Å². The minimum absolute atomic E-state index is 0. The summed E-state index contributed by atoms with van der Waals surface area (Å²) in [5.41, 5.74) is 2.69. The van der Waals surface area contributed by atoms with E-state index in [0.29, 0.717) is 0 Å². The summed E-state index contributed by atoms with van der Waals surface area (Å²) in [4.78, 5) is 0. The van der Waals surface area contributed by atoms with E-state index in [1.807, 2.05) is 24.3 Å². The fourth-order valence-electron chi connectivity index (χ4n) is 0.940. The largest absolute Gasteiger partial charge is 2.00 e. The molecule has 0 fully saturated rings. The second-order valence-corrected chi connectivity index (χ2v) is 2.92. The number of hydrogen-bond donors (Lipinski definition) is 2. The molecule has 17 heavy (non-hydrogen) atoms. The maximum absolute atomic E-state index is 7.00. The number of aliphatic hydroxyl groups excluding tert-OH is 2. The van der Waals surface area contributed by atoms with Crippen LogP contribution >= 0.6 is 0 Å². The zero-order valence-electron chi connectivity index (χ0n) is 11.0. The normalized spacial score (nSPS) is 6.94. The topological polar surface area (TPSA) is 40.5 Å². The Kier molecular flexibility index (Phi) is 22.9. The van der Waals surface area contributed by atoms with E-state index >= 15 is 0 Å². The average molecular weight is 314 g/mol. The summed E-state index contributed by atoms with van der Waals surface area (Å²) in [6, 6.07) is 16.5. The molecule has 2 N–H and O–H groups in total. The average Bonchev–Trinajstić information content (AvgIpc) is 2.98.